The van der Waals surface area contributed by atoms with Gasteiger partial charge < -0.3 is 19.1 Å². The summed E-state index contributed by atoms with van der Waals surface area (Å²) in [6.07, 6.45) is 0. The van der Waals surface area contributed by atoms with Crippen molar-refractivity contribution in [3.05, 3.63) is 334 Å². The first-order valence-corrected chi connectivity index (χ1v) is 28.6. The standard InChI is InChI=1S/C80H55N3O/c1-4-16-56(17-5-1)59-32-41-72(42-33-59)83(73-47-38-62(39-48-73)67-40-49-80-78(52-67)77-26-14-15-27-79(77)84-80)76-54-74(81(68-22-6-2-7-23-68)70-43-34-60(35-44-70)65-30-28-57-18-10-12-20-63(57)50-65)53-75(55-76)82(69-24-8-3-9-25-69)71-45-36-61(37-46-71)66-31-29-58-19-11-13-21-64(58)51-66/h1-55H. The Bertz CT molecular complexity index is 4620. The van der Waals surface area contributed by atoms with Crippen LogP contribution in [-0.2, 0) is 0 Å². The summed E-state index contributed by atoms with van der Waals surface area (Å²) in [5.74, 6) is 0. The molecule has 84 heavy (non-hydrogen) atoms. The molecule has 0 atom stereocenters. The molecule has 0 spiro atoms. The summed E-state index contributed by atoms with van der Waals surface area (Å²) >= 11 is 0. The van der Waals surface area contributed by atoms with Gasteiger partial charge in [-0.3, -0.25) is 0 Å². The van der Waals surface area contributed by atoms with E-state index >= 15 is 0 Å². The van der Waals surface area contributed by atoms with Crippen molar-refractivity contribution in [2.24, 2.45) is 0 Å². The fourth-order valence-electron chi connectivity index (χ4n) is 11.9. The van der Waals surface area contributed by atoms with Crippen molar-refractivity contribution in [3.63, 3.8) is 0 Å². The van der Waals surface area contributed by atoms with Crippen LogP contribution in [-0.4, -0.2) is 0 Å². The molecule has 15 aromatic rings. The first kappa shape index (κ1) is 49.8. The molecular weight excluding hydrogens is 1020 g/mol. The van der Waals surface area contributed by atoms with Crippen molar-refractivity contribution in [3.8, 4) is 44.5 Å². The van der Waals surface area contributed by atoms with E-state index in [4.69, 9.17) is 4.42 Å². The molecule has 0 fully saturated rings. The van der Waals surface area contributed by atoms with Crippen LogP contribution in [0.3, 0.4) is 0 Å². The van der Waals surface area contributed by atoms with E-state index in [1.165, 1.54) is 38.2 Å². The van der Waals surface area contributed by atoms with E-state index in [1.807, 2.05) is 12.1 Å². The summed E-state index contributed by atoms with van der Waals surface area (Å²) in [7, 11) is 0. The molecule has 4 nitrogen and oxygen atoms in total. The normalized spacial score (nSPS) is 11.3. The Labute approximate surface area is 489 Å². The van der Waals surface area contributed by atoms with Gasteiger partial charge in [-0.1, -0.05) is 212 Å². The number of benzene rings is 14. The summed E-state index contributed by atoms with van der Waals surface area (Å²) < 4.78 is 6.25. The third-order valence-electron chi connectivity index (χ3n) is 16.2. The lowest BCUT2D eigenvalue weighted by atomic mass is 10.0. The average molecular weight is 1070 g/mol. The Morgan fingerprint density at radius 2 is 0.464 bits per heavy atom. The van der Waals surface area contributed by atoms with Gasteiger partial charge in [0.15, 0.2) is 0 Å². The van der Waals surface area contributed by atoms with E-state index in [9.17, 15) is 0 Å². The summed E-state index contributed by atoms with van der Waals surface area (Å²) in [6, 6.07) is 120. The number of nitrogens with zero attached hydrogens (tertiary/aromatic N) is 3. The van der Waals surface area contributed by atoms with Gasteiger partial charge in [-0.05, 0) is 187 Å². The minimum atomic E-state index is 0.883. The Morgan fingerprint density at radius 1 is 0.167 bits per heavy atom. The van der Waals surface area contributed by atoms with Crippen molar-refractivity contribution >= 4 is 94.7 Å². The highest BCUT2D eigenvalue weighted by Gasteiger charge is 2.23. The minimum absolute atomic E-state index is 0.883. The Hall–Kier alpha value is -11.2. The Kier molecular flexibility index (Phi) is 12.9. The number of furan rings is 1. The van der Waals surface area contributed by atoms with E-state index in [2.05, 4.69) is 336 Å². The van der Waals surface area contributed by atoms with E-state index in [-0.39, 0.29) is 0 Å². The fraction of sp³-hybridized carbons (Fsp3) is 0. The number of rotatable bonds is 13. The predicted molar refractivity (Wildman–Crippen MR) is 355 cm³/mol. The molecule has 0 amide bonds. The summed E-state index contributed by atoms with van der Waals surface area (Å²) in [4.78, 5) is 7.17. The molecule has 4 heteroatoms. The van der Waals surface area contributed by atoms with Gasteiger partial charge in [0, 0.05) is 44.9 Å². The molecule has 0 saturated heterocycles. The third kappa shape index (κ3) is 9.68. The van der Waals surface area contributed by atoms with Gasteiger partial charge in [-0.25, -0.2) is 0 Å². The lowest BCUT2D eigenvalue weighted by molar-refractivity contribution is 0.669. The van der Waals surface area contributed by atoms with Gasteiger partial charge in [0.2, 0.25) is 0 Å². The van der Waals surface area contributed by atoms with Crippen molar-refractivity contribution < 1.29 is 4.42 Å². The van der Waals surface area contributed by atoms with Gasteiger partial charge in [0.25, 0.3) is 0 Å². The molecule has 396 valence electrons. The van der Waals surface area contributed by atoms with Crippen molar-refractivity contribution in [2.45, 2.75) is 0 Å². The highest BCUT2D eigenvalue weighted by atomic mass is 16.3. The maximum atomic E-state index is 6.25. The number of fused-ring (bicyclic) bond motifs is 5. The Morgan fingerprint density at radius 3 is 0.905 bits per heavy atom. The second-order valence-electron chi connectivity index (χ2n) is 21.4. The molecule has 1 aromatic heterocycles. The second-order valence-corrected chi connectivity index (χ2v) is 21.4. The molecular formula is C80H55N3O. The zero-order chi connectivity index (χ0) is 55.8. The molecule has 0 aliphatic rings. The SMILES string of the molecule is c1ccc(-c2ccc(N(c3ccc(-c4ccc5oc6ccccc6c5c4)cc3)c3cc(N(c4ccccc4)c4ccc(-c5ccc6ccccc6c5)cc4)cc(N(c4ccccc4)c4ccc(-c5ccc6ccccc6c5)cc4)c3)cc2)cc1. The first-order valence-electron chi connectivity index (χ1n) is 28.6. The molecule has 15 rings (SSSR count). The van der Waals surface area contributed by atoms with E-state index in [0.29, 0.717) is 0 Å². The lowest BCUT2D eigenvalue weighted by Gasteiger charge is -2.33. The average Bonchev–Trinajstić information content (AvgIpc) is 3.54. The van der Waals surface area contributed by atoms with Gasteiger partial charge in [-0.2, -0.15) is 0 Å². The molecule has 0 aliphatic carbocycles. The number of hydrogen-bond acceptors (Lipinski definition) is 4. The van der Waals surface area contributed by atoms with Crippen LogP contribution in [0.25, 0.3) is 88.0 Å². The van der Waals surface area contributed by atoms with Crippen LogP contribution in [0.15, 0.2) is 338 Å². The number of hydrogen-bond donors (Lipinski definition) is 0. The highest BCUT2D eigenvalue weighted by Crippen LogP contribution is 2.47. The van der Waals surface area contributed by atoms with E-state index < -0.39 is 0 Å². The quantitative estimate of drug-likeness (QED) is 0.115. The summed E-state index contributed by atoms with van der Waals surface area (Å²) in [6.45, 7) is 0. The van der Waals surface area contributed by atoms with Crippen LogP contribution >= 0.6 is 0 Å². The van der Waals surface area contributed by atoms with Crippen LogP contribution < -0.4 is 14.7 Å². The zero-order valence-electron chi connectivity index (χ0n) is 46.0. The molecule has 0 N–H and O–H groups in total. The van der Waals surface area contributed by atoms with Gasteiger partial charge in [0.05, 0.1) is 17.1 Å². The maximum Gasteiger partial charge on any atom is 0.135 e. The molecule has 0 aliphatic heterocycles. The number of para-hydroxylation sites is 3. The zero-order valence-corrected chi connectivity index (χ0v) is 46.0. The molecule has 0 saturated carbocycles. The fourth-order valence-corrected chi connectivity index (χ4v) is 11.9. The number of anilines is 9. The molecule has 1 heterocycles. The van der Waals surface area contributed by atoms with Crippen molar-refractivity contribution in [2.75, 3.05) is 14.7 Å². The van der Waals surface area contributed by atoms with Crippen LogP contribution in [0.4, 0.5) is 51.2 Å². The predicted octanol–water partition coefficient (Wildman–Crippen LogP) is 23.0. The van der Waals surface area contributed by atoms with Crippen molar-refractivity contribution in [1.82, 2.24) is 0 Å². The topological polar surface area (TPSA) is 22.9 Å². The van der Waals surface area contributed by atoms with Crippen LogP contribution in [0.2, 0.25) is 0 Å². The van der Waals surface area contributed by atoms with Gasteiger partial charge in [-0.15, -0.1) is 0 Å². The van der Waals surface area contributed by atoms with Crippen LogP contribution in [0, 0.1) is 0 Å². The van der Waals surface area contributed by atoms with Crippen LogP contribution in [0.5, 0.6) is 0 Å². The smallest absolute Gasteiger partial charge is 0.135 e. The van der Waals surface area contributed by atoms with Gasteiger partial charge in [0.1, 0.15) is 11.2 Å². The van der Waals surface area contributed by atoms with E-state index in [1.54, 1.807) is 0 Å². The summed E-state index contributed by atoms with van der Waals surface area (Å²) in [5.41, 5.74) is 20.1. The maximum absolute atomic E-state index is 6.25. The largest absolute Gasteiger partial charge is 0.456 e. The molecule has 0 radical (unpaired) electrons. The first-order chi connectivity index (χ1) is 41.6. The molecule has 14 aromatic carbocycles. The molecule has 0 bridgehead atoms. The minimum Gasteiger partial charge on any atom is -0.456 e. The Balaban J connectivity index is 0.919. The van der Waals surface area contributed by atoms with Crippen LogP contribution in [0.1, 0.15) is 0 Å². The van der Waals surface area contributed by atoms with Crippen molar-refractivity contribution in [1.29, 1.82) is 0 Å². The lowest BCUT2D eigenvalue weighted by Crippen LogP contribution is -2.16. The third-order valence-corrected chi connectivity index (χ3v) is 16.2. The second kappa shape index (κ2) is 21.7. The summed E-state index contributed by atoms with van der Waals surface area (Å²) in [5, 5.41) is 7.12. The highest BCUT2D eigenvalue weighted by molar-refractivity contribution is 6.06. The monoisotopic (exact) mass is 1070 g/mol. The molecule has 0 unspecified atom stereocenters. The van der Waals surface area contributed by atoms with Gasteiger partial charge >= 0.3 is 0 Å². The van der Waals surface area contributed by atoms with E-state index in [0.717, 1.165) is 101 Å².